The highest BCUT2D eigenvalue weighted by molar-refractivity contribution is 5.26. The van der Waals surface area contributed by atoms with E-state index in [0.29, 0.717) is 5.92 Å². The fourth-order valence-corrected chi connectivity index (χ4v) is 2.38. The summed E-state index contributed by atoms with van der Waals surface area (Å²) in [6, 6.07) is 12.8. The minimum absolute atomic E-state index is 0.182. The van der Waals surface area contributed by atoms with Gasteiger partial charge in [0.2, 0.25) is 0 Å². The van der Waals surface area contributed by atoms with E-state index in [0.717, 1.165) is 12.8 Å². The monoisotopic (exact) mass is 254 g/mol. The van der Waals surface area contributed by atoms with Crippen LogP contribution in [-0.2, 0) is 6.42 Å². The first-order valence-corrected chi connectivity index (χ1v) is 6.88. The molecule has 19 heavy (non-hydrogen) atoms. The quantitative estimate of drug-likeness (QED) is 0.887. The first kappa shape index (κ1) is 13.8. The molecule has 2 atom stereocenters. The number of pyridine rings is 1. The lowest BCUT2D eigenvalue weighted by atomic mass is 9.90. The number of benzene rings is 1. The van der Waals surface area contributed by atoms with Gasteiger partial charge in [-0.15, -0.1) is 0 Å². The zero-order valence-electron chi connectivity index (χ0n) is 11.7. The van der Waals surface area contributed by atoms with Gasteiger partial charge in [-0.2, -0.15) is 0 Å². The van der Waals surface area contributed by atoms with Crippen molar-refractivity contribution < 1.29 is 0 Å². The highest BCUT2D eigenvalue weighted by Crippen LogP contribution is 2.21. The third-order valence-corrected chi connectivity index (χ3v) is 3.88. The van der Waals surface area contributed by atoms with Gasteiger partial charge < -0.3 is 5.73 Å². The van der Waals surface area contributed by atoms with E-state index in [1.54, 1.807) is 0 Å². The van der Waals surface area contributed by atoms with Gasteiger partial charge in [-0.25, -0.2) is 0 Å². The Kier molecular flexibility index (Phi) is 4.69. The van der Waals surface area contributed by atoms with E-state index in [1.165, 1.54) is 16.7 Å². The van der Waals surface area contributed by atoms with Crippen LogP contribution in [0.25, 0.3) is 0 Å². The highest BCUT2D eigenvalue weighted by atomic mass is 14.7. The zero-order chi connectivity index (χ0) is 13.7. The molecule has 0 saturated heterocycles. The molecule has 2 N–H and O–H groups in total. The molecule has 0 bridgehead atoms. The van der Waals surface area contributed by atoms with Gasteiger partial charge in [0, 0.05) is 18.4 Å². The molecule has 0 fully saturated rings. The molecule has 0 amide bonds. The molecule has 2 rings (SSSR count). The molecule has 1 heterocycles. The fraction of sp³-hybridized carbons (Fsp3) is 0.353. The largest absolute Gasteiger partial charge is 0.327 e. The van der Waals surface area contributed by atoms with Crippen LogP contribution in [-0.4, -0.2) is 11.0 Å². The highest BCUT2D eigenvalue weighted by Gasteiger charge is 2.14. The molecule has 0 aliphatic rings. The molecule has 100 valence electrons. The second-order valence-electron chi connectivity index (χ2n) is 5.20. The topological polar surface area (TPSA) is 38.9 Å². The van der Waals surface area contributed by atoms with Crippen LogP contribution < -0.4 is 5.73 Å². The predicted octanol–water partition coefficient (Wildman–Crippen LogP) is 3.45. The van der Waals surface area contributed by atoms with Crippen molar-refractivity contribution in [2.24, 2.45) is 5.73 Å². The molecular formula is C17H22N2. The number of hydrogen-bond donors (Lipinski definition) is 1. The Balaban J connectivity index is 1.95. The van der Waals surface area contributed by atoms with Crippen molar-refractivity contribution in [1.29, 1.82) is 0 Å². The van der Waals surface area contributed by atoms with E-state index in [9.17, 15) is 0 Å². The Morgan fingerprint density at radius 1 is 1.11 bits per heavy atom. The molecule has 0 aliphatic heterocycles. The lowest BCUT2D eigenvalue weighted by Crippen LogP contribution is -2.27. The SMILES string of the molecule is Cc1ccccc1CCC(N)C(C)c1ccncc1. The Labute approximate surface area is 115 Å². The molecule has 2 nitrogen and oxygen atoms in total. The molecule has 0 radical (unpaired) electrons. The van der Waals surface area contributed by atoms with Crippen LogP contribution in [0.5, 0.6) is 0 Å². The van der Waals surface area contributed by atoms with E-state index in [4.69, 9.17) is 5.73 Å². The first-order chi connectivity index (χ1) is 9.18. The first-order valence-electron chi connectivity index (χ1n) is 6.88. The van der Waals surface area contributed by atoms with Crippen LogP contribution in [0.15, 0.2) is 48.8 Å². The Morgan fingerprint density at radius 2 is 1.79 bits per heavy atom. The van der Waals surface area contributed by atoms with Crippen molar-refractivity contribution in [3.8, 4) is 0 Å². The summed E-state index contributed by atoms with van der Waals surface area (Å²) >= 11 is 0. The van der Waals surface area contributed by atoms with Crippen LogP contribution in [0.2, 0.25) is 0 Å². The summed E-state index contributed by atoms with van der Waals surface area (Å²) in [6.07, 6.45) is 5.72. The number of hydrogen-bond acceptors (Lipinski definition) is 2. The summed E-state index contributed by atoms with van der Waals surface area (Å²) in [5.74, 6) is 0.368. The molecule has 0 saturated carbocycles. The van der Waals surface area contributed by atoms with E-state index in [2.05, 4.69) is 55.2 Å². The second-order valence-corrected chi connectivity index (χ2v) is 5.20. The van der Waals surface area contributed by atoms with Gasteiger partial charge >= 0.3 is 0 Å². The van der Waals surface area contributed by atoms with E-state index in [1.807, 2.05) is 12.4 Å². The summed E-state index contributed by atoms with van der Waals surface area (Å²) in [5, 5.41) is 0. The predicted molar refractivity (Wildman–Crippen MR) is 80.1 cm³/mol. The second kappa shape index (κ2) is 6.48. The van der Waals surface area contributed by atoms with Crippen LogP contribution in [0, 0.1) is 6.92 Å². The van der Waals surface area contributed by atoms with Crippen molar-refractivity contribution in [3.05, 3.63) is 65.5 Å². The molecule has 2 heteroatoms. The number of nitrogens with zero attached hydrogens (tertiary/aromatic N) is 1. The van der Waals surface area contributed by atoms with Crippen LogP contribution in [0.3, 0.4) is 0 Å². The smallest absolute Gasteiger partial charge is 0.0270 e. The van der Waals surface area contributed by atoms with Crippen molar-refractivity contribution in [2.45, 2.75) is 38.6 Å². The molecule has 2 aromatic rings. The van der Waals surface area contributed by atoms with Crippen molar-refractivity contribution in [3.63, 3.8) is 0 Å². The summed E-state index contributed by atoms with van der Waals surface area (Å²) in [7, 11) is 0. The minimum atomic E-state index is 0.182. The van der Waals surface area contributed by atoms with Crippen molar-refractivity contribution >= 4 is 0 Å². The van der Waals surface area contributed by atoms with Gasteiger partial charge in [0.25, 0.3) is 0 Å². The molecule has 0 spiro atoms. The van der Waals surface area contributed by atoms with Crippen molar-refractivity contribution in [1.82, 2.24) is 4.98 Å². The summed E-state index contributed by atoms with van der Waals surface area (Å²) in [5.41, 5.74) is 10.4. The fourth-order valence-electron chi connectivity index (χ4n) is 2.38. The van der Waals surface area contributed by atoms with Gasteiger partial charge in [0.15, 0.2) is 0 Å². The zero-order valence-corrected chi connectivity index (χ0v) is 11.7. The van der Waals surface area contributed by atoms with Gasteiger partial charge in [-0.3, -0.25) is 4.98 Å². The maximum Gasteiger partial charge on any atom is 0.0270 e. The number of aromatic nitrogens is 1. The van der Waals surface area contributed by atoms with Crippen molar-refractivity contribution in [2.75, 3.05) is 0 Å². The maximum atomic E-state index is 6.33. The van der Waals surface area contributed by atoms with Crippen LogP contribution in [0.1, 0.15) is 36.0 Å². The van der Waals surface area contributed by atoms with Crippen LogP contribution in [0.4, 0.5) is 0 Å². The van der Waals surface area contributed by atoms with Gasteiger partial charge in [0.1, 0.15) is 0 Å². The molecule has 1 aromatic carbocycles. The Hall–Kier alpha value is -1.67. The Morgan fingerprint density at radius 3 is 2.47 bits per heavy atom. The normalized spacial score (nSPS) is 14.1. The average Bonchev–Trinajstić information content (AvgIpc) is 2.46. The maximum absolute atomic E-state index is 6.33. The molecule has 2 unspecified atom stereocenters. The summed E-state index contributed by atoms with van der Waals surface area (Å²) in [6.45, 7) is 4.35. The lowest BCUT2D eigenvalue weighted by Gasteiger charge is -2.20. The number of nitrogens with two attached hydrogens (primary N) is 1. The number of rotatable bonds is 5. The minimum Gasteiger partial charge on any atom is -0.327 e. The van der Waals surface area contributed by atoms with Gasteiger partial charge in [0.05, 0.1) is 0 Å². The molecule has 0 aliphatic carbocycles. The Bertz CT molecular complexity index is 508. The van der Waals surface area contributed by atoms with Gasteiger partial charge in [-0.1, -0.05) is 31.2 Å². The third kappa shape index (κ3) is 3.65. The van der Waals surface area contributed by atoms with E-state index in [-0.39, 0.29) is 6.04 Å². The third-order valence-electron chi connectivity index (χ3n) is 3.88. The van der Waals surface area contributed by atoms with Crippen LogP contribution >= 0.6 is 0 Å². The standard InChI is InChI=1S/C17H22N2/c1-13-5-3-4-6-15(13)7-8-17(18)14(2)16-9-11-19-12-10-16/h3-6,9-12,14,17H,7-8,18H2,1-2H3. The number of aryl methyl sites for hydroxylation is 2. The van der Waals surface area contributed by atoms with E-state index < -0.39 is 0 Å². The molecular weight excluding hydrogens is 232 g/mol. The van der Waals surface area contributed by atoms with Gasteiger partial charge in [-0.05, 0) is 54.5 Å². The lowest BCUT2D eigenvalue weighted by molar-refractivity contribution is 0.528. The average molecular weight is 254 g/mol. The summed E-state index contributed by atoms with van der Waals surface area (Å²) < 4.78 is 0. The molecule has 1 aromatic heterocycles. The van der Waals surface area contributed by atoms with E-state index >= 15 is 0 Å². The summed E-state index contributed by atoms with van der Waals surface area (Å²) in [4.78, 5) is 4.05.